The van der Waals surface area contributed by atoms with E-state index in [1.165, 1.54) is 0 Å². The number of fused-ring (bicyclic) bond motifs is 1. The van der Waals surface area contributed by atoms with Crippen LogP contribution in [-0.4, -0.2) is 42.7 Å². The Morgan fingerprint density at radius 2 is 1.75 bits per heavy atom. The highest BCUT2D eigenvalue weighted by Crippen LogP contribution is 2.32. The lowest BCUT2D eigenvalue weighted by Crippen LogP contribution is -2.50. The number of hydrogen-bond donors (Lipinski definition) is 1. The van der Waals surface area contributed by atoms with E-state index in [4.69, 9.17) is 14.2 Å². The van der Waals surface area contributed by atoms with E-state index < -0.39 is 6.04 Å². The lowest BCUT2D eigenvalue weighted by atomic mass is 10.1. The zero-order chi connectivity index (χ0) is 23.1. The molecule has 1 atom stereocenters. The third-order valence-corrected chi connectivity index (χ3v) is 5.39. The van der Waals surface area contributed by atoms with Crippen molar-refractivity contribution in [3.63, 3.8) is 0 Å². The first-order valence-corrected chi connectivity index (χ1v) is 11.0. The Morgan fingerprint density at radius 3 is 2.41 bits per heavy atom. The van der Waals surface area contributed by atoms with Gasteiger partial charge < -0.3 is 24.4 Å². The number of hydrogen-bond acceptors (Lipinski definition) is 5. The van der Waals surface area contributed by atoms with Gasteiger partial charge in [-0.05, 0) is 62.1 Å². The van der Waals surface area contributed by atoms with Gasteiger partial charge in [0.15, 0.2) is 11.5 Å². The van der Waals surface area contributed by atoms with Crippen LogP contribution in [0.25, 0.3) is 0 Å². The Labute approximate surface area is 189 Å². The number of aryl methyl sites for hydroxylation is 1. The number of nitrogens with one attached hydrogen (secondary N) is 1. The predicted octanol–water partition coefficient (Wildman–Crippen LogP) is 3.69. The van der Waals surface area contributed by atoms with Crippen molar-refractivity contribution in [1.29, 1.82) is 0 Å². The van der Waals surface area contributed by atoms with Gasteiger partial charge in [-0.3, -0.25) is 9.59 Å². The molecular formula is C25H32N2O5. The molecule has 0 fully saturated rings. The minimum Gasteiger partial charge on any atom is -0.497 e. The second-order valence-electron chi connectivity index (χ2n) is 8.14. The third-order valence-electron chi connectivity index (χ3n) is 5.39. The van der Waals surface area contributed by atoms with E-state index in [0.29, 0.717) is 31.6 Å². The van der Waals surface area contributed by atoms with Gasteiger partial charge in [0.05, 0.1) is 7.11 Å². The molecule has 0 radical (unpaired) electrons. The van der Waals surface area contributed by atoms with Crippen molar-refractivity contribution in [1.82, 2.24) is 10.2 Å². The van der Waals surface area contributed by atoms with Crippen LogP contribution in [0.15, 0.2) is 42.5 Å². The Hall–Kier alpha value is -3.22. The number of nitrogens with zero attached hydrogens (tertiary/aromatic N) is 1. The summed E-state index contributed by atoms with van der Waals surface area (Å²) in [6.45, 7) is 6.33. The summed E-state index contributed by atoms with van der Waals surface area (Å²) in [5.74, 6) is 1.97. The molecule has 1 aliphatic rings. The molecule has 1 heterocycles. The molecule has 1 aliphatic heterocycles. The Bertz CT molecular complexity index is 926. The number of rotatable bonds is 10. The van der Waals surface area contributed by atoms with Crippen molar-refractivity contribution in [2.45, 2.75) is 58.7 Å². The van der Waals surface area contributed by atoms with Crippen LogP contribution < -0.4 is 19.5 Å². The fourth-order valence-corrected chi connectivity index (χ4v) is 3.72. The van der Waals surface area contributed by atoms with Crippen molar-refractivity contribution in [3.05, 3.63) is 53.6 Å². The molecule has 172 valence electrons. The standard InChI is InChI=1S/C25H32N2O5/c1-5-21(25(29)26-17(2)3)27(15-19-6-10-20(30-4)11-7-19)24(28)13-9-18-8-12-22-23(14-18)32-16-31-22/h6-8,10-12,14,17,21H,5,9,13,15-16H2,1-4H3,(H,26,29)/t21-/m1/s1. The smallest absolute Gasteiger partial charge is 0.243 e. The highest BCUT2D eigenvalue weighted by Gasteiger charge is 2.29. The minimum absolute atomic E-state index is 0.00289. The number of methoxy groups -OCH3 is 1. The highest BCUT2D eigenvalue weighted by molar-refractivity contribution is 5.87. The normalized spacial score (nSPS) is 13.0. The Balaban J connectivity index is 1.75. The Kier molecular flexibility index (Phi) is 7.98. The molecule has 7 nitrogen and oxygen atoms in total. The fourth-order valence-electron chi connectivity index (χ4n) is 3.72. The highest BCUT2D eigenvalue weighted by atomic mass is 16.7. The molecular weight excluding hydrogens is 408 g/mol. The number of ether oxygens (including phenoxy) is 3. The number of benzene rings is 2. The van der Waals surface area contributed by atoms with Gasteiger partial charge in [-0.15, -0.1) is 0 Å². The first kappa shape index (κ1) is 23.4. The largest absolute Gasteiger partial charge is 0.497 e. The summed E-state index contributed by atoms with van der Waals surface area (Å²) in [4.78, 5) is 27.9. The van der Waals surface area contributed by atoms with Crippen LogP contribution in [-0.2, 0) is 22.6 Å². The van der Waals surface area contributed by atoms with E-state index in [1.54, 1.807) is 12.0 Å². The van der Waals surface area contributed by atoms with Gasteiger partial charge >= 0.3 is 0 Å². The molecule has 7 heteroatoms. The van der Waals surface area contributed by atoms with E-state index in [-0.39, 0.29) is 24.6 Å². The van der Waals surface area contributed by atoms with Crippen LogP contribution >= 0.6 is 0 Å². The van der Waals surface area contributed by atoms with Crippen molar-refractivity contribution < 1.29 is 23.8 Å². The van der Waals surface area contributed by atoms with Crippen LogP contribution in [0.3, 0.4) is 0 Å². The van der Waals surface area contributed by atoms with E-state index in [1.807, 2.05) is 63.2 Å². The summed E-state index contributed by atoms with van der Waals surface area (Å²) in [6, 6.07) is 12.7. The summed E-state index contributed by atoms with van der Waals surface area (Å²) in [5, 5.41) is 2.95. The maximum Gasteiger partial charge on any atom is 0.243 e. The maximum absolute atomic E-state index is 13.3. The van der Waals surface area contributed by atoms with Crippen LogP contribution in [0.1, 0.15) is 44.7 Å². The molecule has 2 aromatic carbocycles. The maximum atomic E-state index is 13.3. The molecule has 0 aromatic heterocycles. The molecule has 2 amide bonds. The minimum atomic E-state index is -0.538. The molecule has 0 saturated carbocycles. The van der Waals surface area contributed by atoms with E-state index >= 15 is 0 Å². The molecule has 3 rings (SSSR count). The zero-order valence-electron chi connectivity index (χ0n) is 19.2. The van der Waals surface area contributed by atoms with Gasteiger partial charge in [0.2, 0.25) is 18.6 Å². The third kappa shape index (κ3) is 5.93. The molecule has 2 aromatic rings. The van der Waals surface area contributed by atoms with Crippen molar-refractivity contribution in [2.75, 3.05) is 13.9 Å². The summed E-state index contributed by atoms with van der Waals surface area (Å²) in [6.07, 6.45) is 1.38. The lowest BCUT2D eigenvalue weighted by Gasteiger charge is -2.31. The van der Waals surface area contributed by atoms with Crippen LogP contribution in [0.5, 0.6) is 17.2 Å². The quantitative estimate of drug-likeness (QED) is 0.610. The summed E-state index contributed by atoms with van der Waals surface area (Å²) in [7, 11) is 1.62. The van der Waals surface area contributed by atoms with Gasteiger partial charge in [-0.2, -0.15) is 0 Å². The predicted molar refractivity (Wildman–Crippen MR) is 122 cm³/mol. The summed E-state index contributed by atoms with van der Waals surface area (Å²) in [5.41, 5.74) is 1.93. The van der Waals surface area contributed by atoms with Crippen molar-refractivity contribution in [2.24, 2.45) is 0 Å². The summed E-state index contributed by atoms with van der Waals surface area (Å²) < 4.78 is 16.0. The molecule has 0 bridgehead atoms. The summed E-state index contributed by atoms with van der Waals surface area (Å²) >= 11 is 0. The number of carbonyl (C=O) groups is 2. The number of amides is 2. The SMILES string of the molecule is CC[C@H](C(=O)NC(C)C)N(Cc1ccc(OC)cc1)C(=O)CCc1ccc2c(c1)OCO2. The van der Waals surface area contributed by atoms with Crippen LogP contribution in [0.2, 0.25) is 0 Å². The van der Waals surface area contributed by atoms with Gasteiger partial charge in [-0.25, -0.2) is 0 Å². The number of carbonyl (C=O) groups excluding carboxylic acids is 2. The molecule has 32 heavy (non-hydrogen) atoms. The van der Waals surface area contributed by atoms with Crippen molar-refractivity contribution >= 4 is 11.8 Å². The van der Waals surface area contributed by atoms with Gasteiger partial charge in [0.25, 0.3) is 0 Å². The molecule has 1 N–H and O–H groups in total. The average molecular weight is 441 g/mol. The fraction of sp³-hybridized carbons (Fsp3) is 0.440. The van der Waals surface area contributed by atoms with Crippen LogP contribution in [0.4, 0.5) is 0 Å². The lowest BCUT2D eigenvalue weighted by molar-refractivity contribution is -0.141. The van der Waals surface area contributed by atoms with E-state index in [9.17, 15) is 9.59 Å². The molecule has 0 spiro atoms. The van der Waals surface area contributed by atoms with E-state index in [0.717, 1.165) is 22.6 Å². The average Bonchev–Trinajstić information content (AvgIpc) is 3.25. The first-order chi connectivity index (χ1) is 15.4. The second-order valence-corrected chi connectivity index (χ2v) is 8.14. The monoisotopic (exact) mass is 440 g/mol. The second kappa shape index (κ2) is 10.9. The molecule has 0 saturated heterocycles. The molecule has 0 unspecified atom stereocenters. The zero-order valence-corrected chi connectivity index (χ0v) is 19.2. The van der Waals surface area contributed by atoms with Crippen molar-refractivity contribution in [3.8, 4) is 17.2 Å². The Morgan fingerprint density at radius 1 is 1.06 bits per heavy atom. The van der Waals surface area contributed by atoms with Gasteiger partial charge in [0, 0.05) is 19.0 Å². The first-order valence-electron chi connectivity index (χ1n) is 11.0. The molecule has 0 aliphatic carbocycles. The van der Waals surface area contributed by atoms with Gasteiger partial charge in [0.1, 0.15) is 11.8 Å². The van der Waals surface area contributed by atoms with E-state index in [2.05, 4.69) is 5.32 Å². The van der Waals surface area contributed by atoms with Gasteiger partial charge in [-0.1, -0.05) is 25.1 Å². The van der Waals surface area contributed by atoms with Crippen LogP contribution in [0, 0.1) is 0 Å². The topological polar surface area (TPSA) is 77.1 Å².